The quantitative estimate of drug-likeness (QED) is 0.589. The van der Waals surface area contributed by atoms with Crippen molar-refractivity contribution in [2.75, 3.05) is 26.2 Å². The number of likely N-dealkylation sites (tertiary alicyclic amines) is 1. The number of carbonyl (C=O) groups excluding carboxylic acids is 1. The second-order valence-electron chi connectivity index (χ2n) is 3.92. The van der Waals surface area contributed by atoms with E-state index in [0.717, 1.165) is 38.9 Å². The van der Waals surface area contributed by atoms with Crippen molar-refractivity contribution in [3.63, 3.8) is 0 Å². The number of piperazine rings is 1. The summed E-state index contributed by atoms with van der Waals surface area (Å²) in [4.78, 5) is 14.9. The Hall–Kier alpha value is -0.610. The Morgan fingerprint density at radius 2 is 1.92 bits per heavy atom. The molecule has 2 saturated heterocycles. The van der Waals surface area contributed by atoms with Crippen LogP contribution in [0, 0.1) is 0 Å². The van der Waals surface area contributed by atoms with E-state index in [9.17, 15) is 4.79 Å². The minimum atomic E-state index is 0.223. The molecule has 0 aromatic heterocycles. The average molecular weight is 184 g/mol. The molecule has 0 saturated carbocycles. The molecule has 1 N–H and O–H groups in total. The second kappa shape index (κ2) is 3.64. The lowest BCUT2D eigenvalue weighted by molar-refractivity contribution is -0.123. The van der Waals surface area contributed by atoms with Crippen LogP contribution in [0.3, 0.4) is 0 Å². The zero-order valence-corrected chi connectivity index (χ0v) is 7.72. The fourth-order valence-electron chi connectivity index (χ4n) is 2.52. The van der Waals surface area contributed by atoms with Crippen molar-refractivity contribution in [3.05, 3.63) is 0 Å². The van der Waals surface area contributed by atoms with E-state index >= 15 is 0 Å². The maximum absolute atomic E-state index is 10.7. The minimum Gasteiger partial charge on any atom is -0.395 e. The average Bonchev–Trinajstić information content (AvgIpc) is 2.37. The van der Waals surface area contributed by atoms with Gasteiger partial charge in [0.05, 0.1) is 6.61 Å². The summed E-state index contributed by atoms with van der Waals surface area (Å²) in [6.45, 7) is 2.85. The van der Waals surface area contributed by atoms with Crippen LogP contribution in [-0.2, 0) is 4.79 Å². The first-order valence-electron chi connectivity index (χ1n) is 4.91. The van der Waals surface area contributed by atoms with Crippen LogP contribution in [0.2, 0.25) is 0 Å². The number of amides is 1. The van der Waals surface area contributed by atoms with Gasteiger partial charge in [0.2, 0.25) is 6.41 Å². The van der Waals surface area contributed by atoms with E-state index in [1.165, 1.54) is 0 Å². The van der Waals surface area contributed by atoms with Gasteiger partial charge in [-0.3, -0.25) is 9.69 Å². The maximum Gasteiger partial charge on any atom is 0.210 e. The Morgan fingerprint density at radius 3 is 2.38 bits per heavy atom. The molecular formula is C9H16N2O2. The fraction of sp³-hybridized carbons (Fsp3) is 0.889. The lowest BCUT2D eigenvalue weighted by Gasteiger charge is -2.38. The first kappa shape index (κ1) is 8.97. The number of aliphatic hydroxyl groups excluding tert-OH is 1. The summed E-state index contributed by atoms with van der Waals surface area (Å²) in [5, 5.41) is 8.81. The van der Waals surface area contributed by atoms with E-state index in [4.69, 9.17) is 5.11 Å². The van der Waals surface area contributed by atoms with Gasteiger partial charge in [-0.2, -0.15) is 0 Å². The van der Waals surface area contributed by atoms with E-state index in [1.807, 2.05) is 4.90 Å². The molecule has 74 valence electrons. The Balaban J connectivity index is 1.97. The highest BCUT2D eigenvalue weighted by Crippen LogP contribution is 2.28. The molecule has 2 bridgehead atoms. The van der Waals surface area contributed by atoms with Crippen LogP contribution in [0.15, 0.2) is 0 Å². The predicted molar refractivity (Wildman–Crippen MR) is 48.2 cm³/mol. The lowest BCUT2D eigenvalue weighted by Crippen LogP contribution is -2.53. The molecule has 2 aliphatic rings. The number of β-amino-alcohol motifs (C(OH)–C–C–N with tert-alkyl or cyclic N) is 1. The Kier molecular flexibility index (Phi) is 2.51. The summed E-state index contributed by atoms with van der Waals surface area (Å²) in [6.07, 6.45) is 3.25. The second-order valence-corrected chi connectivity index (χ2v) is 3.92. The van der Waals surface area contributed by atoms with E-state index in [0.29, 0.717) is 12.1 Å². The molecule has 0 aromatic carbocycles. The zero-order chi connectivity index (χ0) is 9.26. The van der Waals surface area contributed by atoms with E-state index < -0.39 is 0 Å². The highest BCUT2D eigenvalue weighted by Gasteiger charge is 2.38. The Morgan fingerprint density at radius 1 is 1.31 bits per heavy atom. The van der Waals surface area contributed by atoms with Crippen LogP contribution >= 0.6 is 0 Å². The van der Waals surface area contributed by atoms with Crippen molar-refractivity contribution in [2.45, 2.75) is 24.9 Å². The summed E-state index contributed by atoms with van der Waals surface area (Å²) >= 11 is 0. The molecule has 4 nitrogen and oxygen atoms in total. The van der Waals surface area contributed by atoms with Crippen molar-refractivity contribution in [3.8, 4) is 0 Å². The van der Waals surface area contributed by atoms with Gasteiger partial charge >= 0.3 is 0 Å². The normalized spacial score (nSPS) is 33.8. The molecule has 0 spiro atoms. The summed E-state index contributed by atoms with van der Waals surface area (Å²) < 4.78 is 0. The molecule has 2 atom stereocenters. The monoisotopic (exact) mass is 184 g/mol. The van der Waals surface area contributed by atoms with Crippen molar-refractivity contribution in [2.24, 2.45) is 0 Å². The number of hydrogen-bond acceptors (Lipinski definition) is 3. The van der Waals surface area contributed by atoms with Crippen LogP contribution in [0.1, 0.15) is 12.8 Å². The number of hydrogen-bond donors (Lipinski definition) is 1. The fourth-order valence-corrected chi connectivity index (χ4v) is 2.52. The molecule has 0 aliphatic carbocycles. The van der Waals surface area contributed by atoms with Crippen LogP contribution in [0.4, 0.5) is 0 Å². The molecule has 0 aromatic rings. The third kappa shape index (κ3) is 1.56. The van der Waals surface area contributed by atoms with Gasteiger partial charge in [0.25, 0.3) is 0 Å². The van der Waals surface area contributed by atoms with Crippen LogP contribution in [0.5, 0.6) is 0 Å². The Labute approximate surface area is 78.1 Å². The molecule has 2 fully saturated rings. The minimum absolute atomic E-state index is 0.223. The van der Waals surface area contributed by atoms with Gasteiger partial charge < -0.3 is 10.0 Å². The third-order valence-electron chi connectivity index (χ3n) is 3.15. The zero-order valence-electron chi connectivity index (χ0n) is 7.72. The van der Waals surface area contributed by atoms with Gasteiger partial charge in [-0.05, 0) is 12.8 Å². The van der Waals surface area contributed by atoms with Gasteiger partial charge in [-0.1, -0.05) is 0 Å². The van der Waals surface area contributed by atoms with Gasteiger partial charge in [0, 0.05) is 31.7 Å². The molecular weight excluding hydrogens is 168 g/mol. The highest BCUT2D eigenvalue weighted by atomic mass is 16.3. The molecule has 2 heterocycles. The SMILES string of the molecule is O=CN1C2CCC1CN(CCO)C2. The molecule has 0 radical (unpaired) electrons. The topological polar surface area (TPSA) is 43.8 Å². The number of fused-ring (bicyclic) bond motifs is 2. The largest absolute Gasteiger partial charge is 0.395 e. The first-order valence-corrected chi connectivity index (χ1v) is 4.91. The number of aliphatic hydroxyl groups is 1. The van der Waals surface area contributed by atoms with Crippen molar-refractivity contribution >= 4 is 6.41 Å². The third-order valence-corrected chi connectivity index (χ3v) is 3.15. The maximum atomic E-state index is 10.7. The van der Waals surface area contributed by atoms with Crippen LogP contribution < -0.4 is 0 Å². The summed E-state index contributed by atoms with van der Waals surface area (Å²) in [5.74, 6) is 0. The molecule has 4 heteroatoms. The standard InChI is InChI=1S/C9H16N2O2/c12-4-3-10-5-8-1-2-9(6-10)11(8)7-13/h7-9,12H,1-6H2. The van der Waals surface area contributed by atoms with Gasteiger partial charge in [0.15, 0.2) is 0 Å². The van der Waals surface area contributed by atoms with Crippen LogP contribution in [-0.4, -0.2) is 59.6 Å². The number of nitrogens with zero attached hydrogens (tertiary/aromatic N) is 2. The molecule has 2 unspecified atom stereocenters. The van der Waals surface area contributed by atoms with Crippen molar-refractivity contribution < 1.29 is 9.90 Å². The smallest absolute Gasteiger partial charge is 0.210 e. The number of rotatable bonds is 3. The molecule has 13 heavy (non-hydrogen) atoms. The predicted octanol–water partition coefficient (Wildman–Crippen LogP) is -0.716. The van der Waals surface area contributed by atoms with E-state index in [1.54, 1.807) is 0 Å². The van der Waals surface area contributed by atoms with Crippen LogP contribution in [0.25, 0.3) is 0 Å². The van der Waals surface area contributed by atoms with E-state index in [2.05, 4.69) is 4.90 Å². The molecule has 1 amide bonds. The van der Waals surface area contributed by atoms with Gasteiger partial charge in [-0.25, -0.2) is 0 Å². The summed E-state index contributed by atoms with van der Waals surface area (Å²) in [6, 6.07) is 0.811. The summed E-state index contributed by atoms with van der Waals surface area (Å²) in [5.41, 5.74) is 0. The summed E-state index contributed by atoms with van der Waals surface area (Å²) in [7, 11) is 0. The van der Waals surface area contributed by atoms with E-state index in [-0.39, 0.29) is 6.61 Å². The molecule has 2 aliphatic heterocycles. The molecule has 2 rings (SSSR count). The van der Waals surface area contributed by atoms with Gasteiger partial charge in [0.1, 0.15) is 0 Å². The number of carbonyl (C=O) groups is 1. The van der Waals surface area contributed by atoms with Crippen molar-refractivity contribution in [1.29, 1.82) is 0 Å². The lowest BCUT2D eigenvalue weighted by atomic mass is 10.2. The highest BCUT2D eigenvalue weighted by molar-refractivity contribution is 5.50. The van der Waals surface area contributed by atoms with Crippen molar-refractivity contribution in [1.82, 2.24) is 9.80 Å². The van der Waals surface area contributed by atoms with Gasteiger partial charge in [-0.15, -0.1) is 0 Å². The Bertz CT molecular complexity index is 184. The first-order chi connectivity index (χ1) is 6.35.